The molecule has 0 radical (unpaired) electrons. The monoisotopic (exact) mass is 283 g/mol. The van der Waals surface area contributed by atoms with E-state index in [2.05, 4.69) is 25.2 Å². The van der Waals surface area contributed by atoms with Crippen LogP contribution < -0.4 is 10.1 Å². The van der Waals surface area contributed by atoms with Gasteiger partial charge in [-0.15, -0.1) is 0 Å². The molecular weight excluding hydrogens is 262 g/mol. The van der Waals surface area contributed by atoms with Gasteiger partial charge in [-0.25, -0.2) is 0 Å². The SMILES string of the molecule is COc1ccccc1C(=O)Nc1c(C)cccc1C(C)C. The lowest BCUT2D eigenvalue weighted by Crippen LogP contribution is -2.15. The van der Waals surface area contributed by atoms with Crippen molar-refractivity contribution in [1.82, 2.24) is 0 Å². The second-order valence-electron chi connectivity index (χ2n) is 5.35. The zero-order chi connectivity index (χ0) is 15.4. The van der Waals surface area contributed by atoms with Crippen LogP contribution in [0, 0.1) is 6.92 Å². The largest absolute Gasteiger partial charge is 0.496 e. The van der Waals surface area contributed by atoms with E-state index in [1.807, 2.05) is 31.2 Å². The third-order valence-corrected chi connectivity index (χ3v) is 3.52. The van der Waals surface area contributed by atoms with Gasteiger partial charge in [0.05, 0.1) is 12.7 Å². The topological polar surface area (TPSA) is 38.3 Å². The number of nitrogens with one attached hydrogen (secondary N) is 1. The van der Waals surface area contributed by atoms with Crippen molar-refractivity contribution in [2.24, 2.45) is 0 Å². The minimum atomic E-state index is -0.149. The van der Waals surface area contributed by atoms with E-state index in [-0.39, 0.29) is 5.91 Å². The van der Waals surface area contributed by atoms with Gasteiger partial charge in [0.25, 0.3) is 5.91 Å². The van der Waals surface area contributed by atoms with E-state index in [0.29, 0.717) is 17.2 Å². The lowest BCUT2D eigenvalue weighted by molar-refractivity contribution is 0.102. The Morgan fingerprint density at radius 2 is 1.81 bits per heavy atom. The van der Waals surface area contributed by atoms with Gasteiger partial charge in [-0.2, -0.15) is 0 Å². The lowest BCUT2D eigenvalue weighted by atomic mass is 9.98. The van der Waals surface area contributed by atoms with Crippen molar-refractivity contribution >= 4 is 11.6 Å². The van der Waals surface area contributed by atoms with Gasteiger partial charge in [-0.1, -0.05) is 44.2 Å². The molecular formula is C18H21NO2. The number of ether oxygens (including phenoxy) is 1. The maximum Gasteiger partial charge on any atom is 0.259 e. The summed E-state index contributed by atoms with van der Waals surface area (Å²) in [7, 11) is 1.57. The molecule has 3 nitrogen and oxygen atoms in total. The molecule has 1 N–H and O–H groups in total. The molecule has 0 aromatic heterocycles. The van der Waals surface area contributed by atoms with Crippen molar-refractivity contribution in [2.75, 3.05) is 12.4 Å². The van der Waals surface area contributed by atoms with Crippen molar-refractivity contribution in [1.29, 1.82) is 0 Å². The number of hydrogen-bond acceptors (Lipinski definition) is 2. The van der Waals surface area contributed by atoms with Crippen molar-refractivity contribution in [3.8, 4) is 5.75 Å². The van der Waals surface area contributed by atoms with Crippen LogP contribution >= 0.6 is 0 Å². The minimum Gasteiger partial charge on any atom is -0.496 e. The molecule has 0 spiro atoms. The first-order valence-corrected chi connectivity index (χ1v) is 7.08. The number of methoxy groups -OCH3 is 1. The summed E-state index contributed by atoms with van der Waals surface area (Å²) in [4.78, 5) is 12.5. The number of hydrogen-bond donors (Lipinski definition) is 1. The smallest absolute Gasteiger partial charge is 0.259 e. The maximum atomic E-state index is 12.5. The maximum absolute atomic E-state index is 12.5. The molecule has 3 heteroatoms. The van der Waals surface area contributed by atoms with Crippen LogP contribution in [-0.2, 0) is 0 Å². The number of rotatable bonds is 4. The zero-order valence-electron chi connectivity index (χ0n) is 12.9. The minimum absolute atomic E-state index is 0.149. The van der Waals surface area contributed by atoms with Crippen LogP contribution in [-0.4, -0.2) is 13.0 Å². The molecule has 110 valence electrons. The highest BCUT2D eigenvalue weighted by Crippen LogP contribution is 2.28. The van der Waals surface area contributed by atoms with E-state index in [0.717, 1.165) is 16.8 Å². The molecule has 2 aromatic carbocycles. The van der Waals surface area contributed by atoms with Crippen LogP contribution in [0.25, 0.3) is 0 Å². The first-order valence-electron chi connectivity index (χ1n) is 7.08. The lowest BCUT2D eigenvalue weighted by Gasteiger charge is -2.17. The predicted molar refractivity (Wildman–Crippen MR) is 86.2 cm³/mol. The normalized spacial score (nSPS) is 10.5. The third kappa shape index (κ3) is 3.24. The Kier molecular flexibility index (Phi) is 4.63. The molecule has 0 aliphatic heterocycles. The number of anilines is 1. The van der Waals surface area contributed by atoms with E-state index in [9.17, 15) is 4.79 Å². The highest BCUT2D eigenvalue weighted by Gasteiger charge is 2.15. The van der Waals surface area contributed by atoms with Crippen LogP contribution in [0.1, 0.15) is 41.3 Å². The predicted octanol–water partition coefficient (Wildman–Crippen LogP) is 4.38. The third-order valence-electron chi connectivity index (χ3n) is 3.52. The Bertz CT molecular complexity index is 647. The van der Waals surface area contributed by atoms with Gasteiger partial charge >= 0.3 is 0 Å². The summed E-state index contributed by atoms with van der Waals surface area (Å²) < 4.78 is 5.25. The standard InChI is InChI=1S/C18H21NO2/c1-12(2)14-10-7-8-13(3)17(14)19-18(20)15-9-5-6-11-16(15)21-4/h5-12H,1-4H3,(H,19,20). The van der Waals surface area contributed by atoms with Crippen LogP contribution in [0.3, 0.4) is 0 Å². The van der Waals surface area contributed by atoms with E-state index < -0.39 is 0 Å². The quantitative estimate of drug-likeness (QED) is 0.904. The van der Waals surface area contributed by atoms with Gasteiger partial charge in [-0.3, -0.25) is 4.79 Å². The fraction of sp³-hybridized carbons (Fsp3) is 0.278. The molecule has 0 aliphatic rings. The fourth-order valence-corrected chi connectivity index (χ4v) is 2.36. The molecule has 0 unspecified atom stereocenters. The average Bonchev–Trinajstić information content (AvgIpc) is 2.48. The molecule has 0 atom stereocenters. The van der Waals surface area contributed by atoms with Gasteiger partial charge in [-0.05, 0) is 36.1 Å². The molecule has 0 heterocycles. The van der Waals surface area contributed by atoms with Gasteiger partial charge in [0.2, 0.25) is 0 Å². The highest BCUT2D eigenvalue weighted by atomic mass is 16.5. The number of aryl methyl sites for hydroxylation is 1. The molecule has 0 bridgehead atoms. The summed E-state index contributed by atoms with van der Waals surface area (Å²) in [5.41, 5.74) is 3.63. The molecule has 2 rings (SSSR count). The summed E-state index contributed by atoms with van der Waals surface area (Å²) in [6.07, 6.45) is 0. The second-order valence-corrected chi connectivity index (χ2v) is 5.35. The molecule has 0 saturated heterocycles. The Labute approximate surface area is 126 Å². The number of carbonyl (C=O) groups is 1. The number of benzene rings is 2. The zero-order valence-corrected chi connectivity index (χ0v) is 12.9. The van der Waals surface area contributed by atoms with Crippen LogP contribution in [0.15, 0.2) is 42.5 Å². The Balaban J connectivity index is 2.36. The summed E-state index contributed by atoms with van der Waals surface area (Å²) in [5, 5.41) is 3.03. The van der Waals surface area contributed by atoms with Crippen molar-refractivity contribution in [2.45, 2.75) is 26.7 Å². The van der Waals surface area contributed by atoms with Gasteiger partial charge in [0.1, 0.15) is 5.75 Å². The molecule has 21 heavy (non-hydrogen) atoms. The Morgan fingerprint density at radius 3 is 2.48 bits per heavy atom. The number of carbonyl (C=O) groups excluding carboxylic acids is 1. The van der Waals surface area contributed by atoms with Crippen molar-refractivity contribution < 1.29 is 9.53 Å². The first-order chi connectivity index (χ1) is 10.0. The van der Waals surface area contributed by atoms with E-state index in [1.54, 1.807) is 19.2 Å². The molecule has 1 amide bonds. The number of amides is 1. The Morgan fingerprint density at radius 1 is 1.10 bits per heavy atom. The van der Waals surface area contributed by atoms with Crippen LogP contribution in [0.4, 0.5) is 5.69 Å². The van der Waals surface area contributed by atoms with Gasteiger partial charge < -0.3 is 10.1 Å². The van der Waals surface area contributed by atoms with Crippen molar-refractivity contribution in [3.63, 3.8) is 0 Å². The summed E-state index contributed by atoms with van der Waals surface area (Å²) in [6.45, 7) is 6.24. The molecule has 2 aromatic rings. The Hall–Kier alpha value is -2.29. The fourth-order valence-electron chi connectivity index (χ4n) is 2.36. The van der Waals surface area contributed by atoms with E-state index in [1.165, 1.54) is 0 Å². The summed E-state index contributed by atoms with van der Waals surface area (Å²) >= 11 is 0. The van der Waals surface area contributed by atoms with E-state index >= 15 is 0 Å². The average molecular weight is 283 g/mol. The van der Waals surface area contributed by atoms with E-state index in [4.69, 9.17) is 4.74 Å². The first kappa shape index (κ1) is 15.1. The second kappa shape index (κ2) is 6.44. The van der Waals surface area contributed by atoms with Crippen LogP contribution in [0.2, 0.25) is 0 Å². The van der Waals surface area contributed by atoms with Crippen LogP contribution in [0.5, 0.6) is 5.75 Å². The molecule has 0 fully saturated rings. The van der Waals surface area contributed by atoms with Gasteiger partial charge in [0, 0.05) is 5.69 Å². The highest BCUT2D eigenvalue weighted by molar-refractivity contribution is 6.07. The van der Waals surface area contributed by atoms with Gasteiger partial charge in [0.15, 0.2) is 0 Å². The molecule has 0 aliphatic carbocycles. The van der Waals surface area contributed by atoms with Crippen molar-refractivity contribution in [3.05, 3.63) is 59.2 Å². The molecule has 0 saturated carbocycles. The summed E-state index contributed by atoms with van der Waals surface area (Å²) in [6, 6.07) is 13.3. The summed E-state index contributed by atoms with van der Waals surface area (Å²) in [5.74, 6) is 0.774. The number of para-hydroxylation sites is 2.